The summed E-state index contributed by atoms with van der Waals surface area (Å²) in [6.07, 6.45) is 3.78. The molecule has 3 rings (SSSR count). The molecule has 5 heteroatoms. The maximum absolute atomic E-state index is 6.27. The number of hydrogen-bond donors (Lipinski definition) is 1. The van der Waals surface area contributed by atoms with Crippen LogP contribution >= 0.6 is 28.3 Å². The highest BCUT2D eigenvalue weighted by molar-refractivity contribution is 9.10. The standard InChI is InChI=1S/C12H14BrNO2.ClH/c13-9-5-11-10(15-6-16-11)4-8(9)12(14)7-2-1-3-7;/h4-5,7,12H,1-3,6,14H2;1H/t12-;/m1./s1. The van der Waals surface area contributed by atoms with Crippen LogP contribution in [0.3, 0.4) is 0 Å². The second kappa shape index (κ2) is 5.04. The molecule has 1 aliphatic carbocycles. The summed E-state index contributed by atoms with van der Waals surface area (Å²) < 4.78 is 11.7. The van der Waals surface area contributed by atoms with Gasteiger partial charge in [0.25, 0.3) is 0 Å². The average molecular weight is 321 g/mol. The first-order valence-corrected chi connectivity index (χ1v) is 6.39. The van der Waals surface area contributed by atoms with Crippen LogP contribution < -0.4 is 15.2 Å². The fourth-order valence-electron chi connectivity index (χ4n) is 2.24. The van der Waals surface area contributed by atoms with Crippen LogP contribution in [0.15, 0.2) is 16.6 Å². The van der Waals surface area contributed by atoms with Gasteiger partial charge in [-0.25, -0.2) is 0 Å². The fourth-order valence-corrected chi connectivity index (χ4v) is 2.83. The predicted octanol–water partition coefficient (Wildman–Crippen LogP) is 3.40. The van der Waals surface area contributed by atoms with Gasteiger partial charge in [0.15, 0.2) is 11.5 Å². The topological polar surface area (TPSA) is 44.5 Å². The summed E-state index contributed by atoms with van der Waals surface area (Å²) in [5.41, 5.74) is 7.40. The molecule has 1 aliphatic heterocycles. The van der Waals surface area contributed by atoms with Crippen molar-refractivity contribution in [3.63, 3.8) is 0 Å². The molecular weight excluding hydrogens is 305 g/mol. The van der Waals surface area contributed by atoms with Gasteiger partial charge in [-0.2, -0.15) is 0 Å². The molecule has 0 bridgehead atoms. The monoisotopic (exact) mass is 319 g/mol. The van der Waals surface area contributed by atoms with Gasteiger partial charge in [0.2, 0.25) is 6.79 Å². The van der Waals surface area contributed by atoms with Crippen LogP contribution in [0.25, 0.3) is 0 Å². The lowest BCUT2D eigenvalue weighted by Gasteiger charge is -2.32. The Labute approximate surface area is 115 Å². The number of benzene rings is 1. The molecule has 1 fully saturated rings. The summed E-state index contributed by atoms with van der Waals surface area (Å²) in [5, 5.41) is 0. The molecule has 17 heavy (non-hydrogen) atoms. The van der Waals surface area contributed by atoms with E-state index < -0.39 is 0 Å². The Hall–Kier alpha value is -0.450. The molecule has 2 N–H and O–H groups in total. The second-order valence-electron chi connectivity index (χ2n) is 4.44. The van der Waals surface area contributed by atoms with Crippen LogP contribution in [0.5, 0.6) is 11.5 Å². The first kappa shape index (κ1) is 13.0. The summed E-state index contributed by atoms with van der Waals surface area (Å²) in [6.45, 7) is 0.309. The Kier molecular flexibility index (Phi) is 3.85. The van der Waals surface area contributed by atoms with E-state index in [1.807, 2.05) is 12.1 Å². The van der Waals surface area contributed by atoms with Crippen LogP contribution in [0.4, 0.5) is 0 Å². The lowest BCUT2D eigenvalue weighted by molar-refractivity contribution is 0.174. The minimum absolute atomic E-state index is 0. The normalized spacial score (nSPS) is 19.4. The molecule has 0 saturated heterocycles. The molecule has 0 amide bonds. The molecule has 0 radical (unpaired) electrons. The van der Waals surface area contributed by atoms with Crippen molar-refractivity contribution in [3.8, 4) is 11.5 Å². The minimum Gasteiger partial charge on any atom is -0.454 e. The summed E-state index contributed by atoms with van der Waals surface area (Å²) in [4.78, 5) is 0. The third kappa shape index (κ3) is 2.26. The maximum Gasteiger partial charge on any atom is 0.231 e. The molecule has 1 atom stereocenters. The molecule has 2 aliphatic rings. The van der Waals surface area contributed by atoms with Gasteiger partial charge in [-0.15, -0.1) is 12.4 Å². The number of rotatable bonds is 2. The van der Waals surface area contributed by atoms with Crippen molar-refractivity contribution >= 4 is 28.3 Å². The Morgan fingerprint density at radius 2 is 1.88 bits per heavy atom. The van der Waals surface area contributed by atoms with Crippen molar-refractivity contribution in [2.45, 2.75) is 25.3 Å². The quantitative estimate of drug-likeness (QED) is 0.908. The van der Waals surface area contributed by atoms with E-state index in [4.69, 9.17) is 15.2 Å². The van der Waals surface area contributed by atoms with Crippen molar-refractivity contribution in [1.82, 2.24) is 0 Å². The van der Waals surface area contributed by atoms with E-state index in [0.717, 1.165) is 21.5 Å². The first-order valence-electron chi connectivity index (χ1n) is 5.60. The molecule has 1 aromatic carbocycles. The highest BCUT2D eigenvalue weighted by Gasteiger charge is 2.28. The summed E-state index contributed by atoms with van der Waals surface area (Å²) in [7, 11) is 0. The maximum atomic E-state index is 6.27. The Morgan fingerprint density at radius 3 is 2.47 bits per heavy atom. The van der Waals surface area contributed by atoms with Gasteiger partial charge in [-0.05, 0) is 36.5 Å². The van der Waals surface area contributed by atoms with Gasteiger partial charge < -0.3 is 15.2 Å². The number of hydrogen-bond acceptors (Lipinski definition) is 3. The van der Waals surface area contributed by atoms with E-state index in [1.54, 1.807) is 0 Å². The van der Waals surface area contributed by atoms with Gasteiger partial charge in [-0.3, -0.25) is 0 Å². The first-order chi connectivity index (χ1) is 7.75. The van der Waals surface area contributed by atoms with Gasteiger partial charge in [0.1, 0.15) is 0 Å². The van der Waals surface area contributed by atoms with Crippen LogP contribution in [-0.2, 0) is 0 Å². The molecule has 1 heterocycles. The molecule has 3 nitrogen and oxygen atoms in total. The highest BCUT2D eigenvalue weighted by atomic mass is 79.9. The molecular formula is C12H15BrClNO2. The zero-order valence-corrected chi connectivity index (χ0v) is 11.7. The van der Waals surface area contributed by atoms with Gasteiger partial charge >= 0.3 is 0 Å². The van der Waals surface area contributed by atoms with Gasteiger partial charge in [-0.1, -0.05) is 22.4 Å². The van der Waals surface area contributed by atoms with E-state index in [1.165, 1.54) is 19.3 Å². The van der Waals surface area contributed by atoms with Crippen molar-refractivity contribution in [3.05, 3.63) is 22.2 Å². The molecule has 0 spiro atoms. The lowest BCUT2D eigenvalue weighted by Crippen LogP contribution is -2.27. The second-order valence-corrected chi connectivity index (χ2v) is 5.30. The van der Waals surface area contributed by atoms with E-state index in [0.29, 0.717) is 12.7 Å². The molecule has 0 aromatic heterocycles. The zero-order valence-electron chi connectivity index (χ0n) is 9.32. The predicted molar refractivity (Wildman–Crippen MR) is 71.8 cm³/mol. The fraction of sp³-hybridized carbons (Fsp3) is 0.500. The number of nitrogens with two attached hydrogens (primary N) is 1. The van der Waals surface area contributed by atoms with E-state index in [-0.39, 0.29) is 18.4 Å². The summed E-state index contributed by atoms with van der Waals surface area (Å²) in [6, 6.07) is 4.07. The smallest absolute Gasteiger partial charge is 0.231 e. The van der Waals surface area contributed by atoms with Crippen molar-refractivity contribution in [2.24, 2.45) is 11.7 Å². The van der Waals surface area contributed by atoms with E-state index in [9.17, 15) is 0 Å². The van der Waals surface area contributed by atoms with Gasteiger partial charge in [0.05, 0.1) is 0 Å². The van der Waals surface area contributed by atoms with Crippen LogP contribution in [0.1, 0.15) is 30.9 Å². The minimum atomic E-state index is 0. The summed E-state index contributed by atoms with van der Waals surface area (Å²) >= 11 is 3.56. The van der Waals surface area contributed by atoms with Crippen LogP contribution in [-0.4, -0.2) is 6.79 Å². The largest absolute Gasteiger partial charge is 0.454 e. The molecule has 1 aromatic rings. The van der Waals surface area contributed by atoms with E-state index >= 15 is 0 Å². The zero-order chi connectivity index (χ0) is 11.1. The van der Waals surface area contributed by atoms with E-state index in [2.05, 4.69) is 15.9 Å². The molecule has 0 unspecified atom stereocenters. The Morgan fingerprint density at radius 1 is 1.24 bits per heavy atom. The Balaban J connectivity index is 0.00000108. The third-order valence-electron chi connectivity index (χ3n) is 3.51. The van der Waals surface area contributed by atoms with Crippen LogP contribution in [0, 0.1) is 5.92 Å². The van der Waals surface area contributed by atoms with Crippen molar-refractivity contribution in [2.75, 3.05) is 6.79 Å². The average Bonchev–Trinajstić information content (AvgIpc) is 2.60. The van der Waals surface area contributed by atoms with Gasteiger partial charge in [0, 0.05) is 10.5 Å². The summed E-state index contributed by atoms with van der Waals surface area (Å²) in [5.74, 6) is 2.24. The Bertz CT molecular complexity index is 423. The number of halogens is 2. The number of ether oxygens (including phenoxy) is 2. The third-order valence-corrected chi connectivity index (χ3v) is 4.20. The number of fused-ring (bicyclic) bond motifs is 1. The lowest BCUT2D eigenvalue weighted by atomic mass is 9.77. The van der Waals surface area contributed by atoms with Crippen molar-refractivity contribution < 1.29 is 9.47 Å². The highest BCUT2D eigenvalue weighted by Crippen LogP contribution is 2.43. The molecule has 1 saturated carbocycles. The SMILES string of the molecule is Cl.N[C@@H](c1cc2c(cc1Br)OCO2)C1CCC1. The molecule has 94 valence electrons. The van der Waals surface area contributed by atoms with Crippen LogP contribution in [0.2, 0.25) is 0 Å². The van der Waals surface area contributed by atoms with Crippen molar-refractivity contribution in [1.29, 1.82) is 0 Å².